The average Bonchev–Trinajstić information content (AvgIpc) is 3.01. The summed E-state index contributed by atoms with van der Waals surface area (Å²) in [6, 6.07) is 15.4. The summed E-state index contributed by atoms with van der Waals surface area (Å²) in [5, 5.41) is 4.95. The van der Waals surface area contributed by atoms with Gasteiger partial charge < -0.3 is 14.8 Å². The lowest BCUT2D eigenvalue weighted by molar-refractivity contribution is -0.143. The monoisotopic (exact) mass is 497 g/mol. The first-order valence-electron chi connectivity index (χ1n) is 11.2. The molecule has 1 N–H and O–H groups in total. The van der Waals surface area contributed by atoms with Crippen LogP contribution in [-0.4, -0.2) is 30.8 Å². The van der Waals surface area contributed by atoms with Crippen LogP contribution in [-0.2, 0) is 32.5 Å². The van der Waals surface area contributed by atoms with Crippen LogP contribution in [0.5, 0.6) is 0 Å². The number of benzene rings is 2. The van der Waals surface area contributed by atoms with Crippen molar-refractivity contribution in [2.24, 2.45) is 0 Å². The summed E-state index contributed by atoms with van der Waals surface area (Å²) in [5.74, 6) is 1.72. The van der Waals surface area contributed by atoms with E-state index in [1.165, 1.54) is 23.6 Å². The summed E-state index contributed by atoms with van der Waals surface area (Å²) in [7, 11) is 1.30. The Bertz CT molecular complexity index is 1180. The van der Waals surface area contributed by atoms with Gasteiger partial charge in [0.15, 0.2) is 0 Å². The molecule has 1 aliphatic rings. The molecule has 34 heavy (non-hydrogen) atoms. The number of esters is 1. The zero-order valence-electron chi connectivity index (χ0n) is 20.5. The fourth-order valence-electron chi connectivity index (χ4n) is 3.95. The maximum absolute atomic E-state index is 12.3. The van der Waals surface area contributed by atoms with Crippen LogP contribution in [0.4, 0.5) is 4.79 Å². The number of alkyl carbamates (subject to hydrolysis) is 1. The van der Waals surface area contributed by atoms with Crippen molar-refractivity contribution in [1.29, 1.82) is 0 Å². The zero-order chi connectivity index (χ0) is 25.1. The number of rotatable bonds is 6. The molecule has 0 spiro atoms. The van der Waals surface area contributed by atoms with Crippen LogP contribution < -0.4 is 10.6 Å². The van der Waals surface area contributed by atoms with Gasteiger partial charge in [0, 0.05) is 17.8 Å². The number of amides is 1. The van der Waals surface area contributed by atoms with Crippen LogP contribution in [0, 0.1) is 0 Å². The van der Waals surface area contributed by atoms with E-state index in [1.54, 1.807) is 20.8 Å². The van der Waals surface area contributed by atoms with Crippen molar-refractivity contribution in [3.8, 4) is 0 Å². The summed E-state index contributed by atoms with van der Waals surface area (Å²) in [6.45, 7) is 9.56. The molecule has 180 valence electrons. The van der Waals surface area contributed by atoms with Gasteiger partial charge in [-0.25, -0.2) is 9.59 Å². The van der Waals surface area contributed by atoms with Gasteiger partial charge in [-0.1, -0.05) is 66.4 Å². The first-order chi connectivity index (χ1) is 15.9. The fraction of sp³-hybridized carbons (Fsp3) is 0.333. The van der Waals surface area contributed by atoms with E-state index in [1.807, 2.05) is 42.5 Å². The number of allylic oxidation sites excluding steroid dienone is 2. The molecule has 2 aromatic carbocycles. The third-order valence-corrected chi connectivity index (χ3v) is 10.2. The lowest BCUT2D eigenvalue weighted by Gasteiger charge is -2.23. The van der Waals surface area contributed by atoms with E-state index in [-0.39, 0.29) is 6.42 Å². The summed E-state index contributed by atoms with van der Waals surface area (Å²) >= 11 is 6.32. The Labute approximate surface area is 207 Å². The normalized spacial score (nSPS) is 18.8. The summed E-state index contributed by atoms with van der Waals surface area (Å²) in [5.41, 5.74) is 3.85. The van der Waals surface area contributed by atoms with Crippen LogP contribution in [0.1, 0.15) is 45.7 Å². The Morgan fingerprint density at radius 1 is 1.03 bits per heavy atom. The molecule has 0 aliphatic carbocycles. The van der Waals surface area contributed by atoms with Gasteiger partial charge in [-0.05, 0) is 68.0 Å². The van der Waals surface area contributed by atoms with Gasteiger partial charge >= 0.3 is 12.1 Å². The number of methoxy groups -OCH3 is 1. The fourth-order valence-corrected chi connectivity index (χ4v) is 8.59. The maximum Gasteiger partial charge on any atom is 0.408 e. The number of hydrogen-bond donors (Lipinski definition) is 1. The highest BCUT2D eigenvalue weighted by molar-refractivity contribution is 8.24. The molecule has 2 aromatic rings. The topological polar surface area (TPSA) is 64.6 Å². The molecular formula is C27H32NO4PS. The summed E-state index contributed by atoms with van der Waals surface area (Å²) in [4.78, 5) is 24.5. The summed E-state index contributed by atoms with van der Waals surface area (Å²) in [6.07, 6.45) is -0.376. The second-order valence-corrected chi connectivity index (χ2v) is 13.7. The van der Waals surface area contributed by atoms with Crippen LogP contribution in [0.15, 0.2) is 71.6 Å². The molecular weight excluding hydrogens is 465 g/mol. The summed E-state index contributed by atoms with van der Waals surface area (Å²) < 4.78 is 10.2. The number of carbonyl (C=O) groups excluding carboxylic acids is 2. The highest BCUT2D eigenvalue weighted by Gasteiger charge is 2.31. The molecule has 1 unspecified atom stereocenters. The van der Waals surface area contributed by atoms with E-state index in [0.717, 1.165) is 16.4 Å². The quantitative estimate of drug-likeness (QED) is 0.407. The SMILES string of the molecule is COC(=O)[C@H](Cc1ccc(P2(=S)C=C(C)C(C)=C2c2ccccc2)cc1)NC(=O)OC(C)(C)C. The van der Waals surface area contributed by atoms with E-state index >= 15 is 0 Å². The van der Waals surface area contributed by atoms with Gasteiger partial charge in [-0.15, -0.1) is 0 Å². The van der Waals surface area contributed by atoms with Gasteiger partial charge in [0.25, 0.3) is 0 Å². The van der Waals surface area contributed by atoms with Crippen LogP contribution in [0.25, 0.3) is 5.31 Å². The smallest absolute Gasteiger partial charge is 0.408 e. The average molecular weight is 498 g/mol. The molecule has 2 atom stereocenters. The molecule has 0 saturated heterocycles. The molecule has 1 amide bonds. The highest BCUT2D eigenvalue weighted by atomic mass is 32.4. The second kappa shape index (κ2) is 10.3. The van der Waals surface area contributed by atoms with Gasteiger partial charge in [0.1, 0.15) is 11.6 Å². The van der Waals surface area contributed by atoms with Crippen molar-refractivity contribution in [2.75, 3.05) is 7.11 Å². The first kappa shape index (κ1) is 25.9. The molecule has 0 fully saturated rings. The minimum absolute atomic E-state index is 0.282. The van der Waals surface area contributed by atoms with E-state index in [2.05, 4.69) is 37.1 Å². The van der Waals surface area contributed by atoms with Crippen molar-refractivity contribution in [1.82, 2.24) is 5.32 Å². The van der Waals surface area contributed by atoms with Gasteiger partial charge in [-0.2, -0.15) is 0 Å². The van der Waals surface area contributed by atoms with E-state index in [0.29, 0.717) is 0 Å². The minimum atomic E-state index is -2.12. The Morgan fingerprint density at radius 2 is 1.65 bits per heavy atom. The standard InChI is InChI=1S/C27H32NO4PS/c1-18-17-33(34,24(19(18)2)21-10-8-7-9-11-21)22-14-12-20(13-15-22)16-23(25(29)31-6)28-26(30)32-27(3,4)5/h7-15,17,23H,16H2,1-6H3,(H,28,30)/t23-,33?/m0/s1. The van der Waals surface area contributed by atoms with Crippen molar-refractivity contribution >= 4 is 40.5 Å². The van der Waals surface area contributed by atoms with Gasteiger partial charge in [-0.3, -0.25) is 0 Å². The Kier molecular flexibility index (Phi) is 7.84. The van der Waals surface area contributed by atoms with Crippen molar-refractivity contribution in [2.45, 2.75) is 52.7 Å². The highest BCUT2D eigenvalue weighted by Crippen LogP contribution is 2.65. The number of hydrogen-bond acceptors (Lipinski definition) is 5. The van der Waals surface area contributed by atoms with Crippen LogP contribution in [0.2, 0.25) is 0 Å². The lowest BCUT2D eigenvalue weighted by Crippen LogP contribution is -2.45. The van der Waals surface area contributed by atoms with Gasteiger partial charge in [0.05, 0.1) is 7.11 Å². The first-order valence-corrected chi connectivity index (χ1v) is 14.0. The number of nitrogens with one attached hydrogen (secondary N) is 1. The molecule has 1 aliphatic heterocycles. The molecule has 0 saturated carbocycles. The van der Waals surface area contributed by atoms with E-state index in [4.69, 9.17) is 21.3 Å². The third kappa shape index (κ3) is 5.86. The molecule has 0 aromatic heterocycles. The van der Waals surface area contributed by atoms with Crippen molar-refractivity contribution in [3.63, 3.8) is 0 Å². The lowest BCUT2D eigenvalue weighted by atomic mass is 10.1. The number of ether oxygens (including phenoxy) is 2. The van der Waals surface area contributed by atoms with E-state index in [9.17, 15) is 9.59 Å². The molecule has 7 heteroatoms. The molecule has 0 bridgehead atoms. The van der Waals surface area contributed by atoms with Gasteiger partial charge in [0.2, 0.25) is 0 Å². The molecule has 0 radical (unpaired) electrons. The molecule has 3 rings (SSSR count). The minimum Gasteiger partial charge on any atom is -0.467 e. The second-order valence-electron chi connectivity index (χ2n) is 9.40. The number of carbonyl (C=O) groups is 2. The van der Waals surface area contributed by atoms with Crippen LogP contribution in [0.3, 0.4) is 0 Å². The Morgan fingerprint density at radius 3 is 2.21 bits per heavy atom. The molecule has 5 nitrogen and oxygen atoms in total. The predicted octanol–water partition coefficient (Wildman–Crippen LogP) is 5.75. The zero-order valence-corrected chi connectivity index (χ0v) is 22.3. The maximum atomic E-state index is 12.3. The largest absolute Gasteiger partial charge is 0.467 e. The molecule has 1 heterocycles. The Balaban J connectivity index is 1.85. The third-order valence-electron chi connectivity index (χ3n) is 5.64. The predicted molar refractivity (Wildman–Crippen MR) is 142 cm³/mol. The Hall–Kier alpha value is -2.69. The van der Waals surface area contributed by atoms with Crippen LogP contribution >= 0.6 is 6.04 Å². The van der Waals surface area contributed by atoms with Crippen molar-refractivity contribution in [3.05, 3.63) is 82.7 Å². The van der Waals surface area contributed by atoms with Crippen molar-refractivity contribution < 1.29 is 19.1 Å². The van der Waals surface area contributed by atoms with E-state index < -0.39 is 29.7 Å².